The summed E-state index contributed by atoms with van der Waals surface area (Å²) >= 11 is 0. The van der Waals surface area contributed by atoms with Crippen LogP contribution in [-0.2, 0) is 49.5 Å². The van der Waals surface area contributed by atoms with E-state index in [-0.39, 0.29) is 6.61 Å². The number of benzene rings is 1. The van der Waals surface area contributed by atoms with Crippen LogP contribution in [0.4, 0.5) is 0 Å². The molecule has 1 rings (SSSR count). The average molecular weight is 438 g/mol. The molecule has 0 aliphatic heterocycles. The van der Waals surface area contributed by atoms with Gasteiger partial charge in [-0.05, 0) is 47.1 Å². The van der Waals surface area contributed by atoms with Crippen LogP contribution in [0.25, 0.3) is 0 Å². The van der Waals surface area contributed by atoms with Crippen LogP contribution in [0.5, 0.6) is 0 Å². The van der Waals surface area contributed by atoms with Gasteiger partial charge in [0, 0.05) is 0 Å². The summed E-state index contributed by atoms with van der Waals surface area (Å²) in [6, 6.07) is 9.25. The van der Waals surface area contributed by atoms with Gasteiger partial charge in [-0.25, -0.2) is 19.2 Å². The molecule has 0 saturated carbocycles. The number of rotatable bonds is 10. The van der Waals surface area contributed by atoms with Crippen molar-refractivity contribution < 1.29 is 42.9 Å². The van der Waals surface area contributed by atoms with Gasteiger partial charge in [0.05, 0.1) is 6.61 Å². The van der Waals surface area contributed by atoms with Gasteiger partial charge in [0.1, 0.15) is 5.60 Å². The van der Waals surface area contributed by atoms with Crippen molar-refractivity contribution >= 4 is 23.9 Å². The molecular formula is C22H30O9. The van der Waals surface area contributed by atoms with Crippen LogP contribution < -0.4 is 0 Å². The molecule has 0 radical (unpaired) electrons. The van der Waals surface area contributed by atoms with Crippen molar-refractivity contribution in [2.24, 2.45) is 0 Å². The summed E-state index contributed by atoms with van der Waals surface area (Å²) in [5, 5.41) is 0. The Bertz CT molecular complexity index is 752. The highest BCUT2D eigenvalue weighted by Gasteiger charge is 2.28. The Kier molecular flexibility index (Phi) is 10.1. The maximum absolute atomic E-state index is 12.0. The second kappa shape index (κ2) is 12.0. The second-order valence-electron chi connectivity index (χ2n) is 7.79. The number of ether oxygens (including phenoxy) is 5. The maximum Gasteiger partial charge on any atom is 0.347 e. The van der Waals surface area contributed by atoms with Crippen molar-refractivity contribution in [2.45, 2.75) is 72.1 Å². The molecule has 9 nitrogen and oxygen atoms in total. The van der Waals surface area contributed by atoms with Gasteiger partial charge in [-0.3, -0.25) is 0 Å². The first-order chi connectivity index (χ1) is 14.4. The van der Waals surface area contributed by atoms with E-state index in [1.165, 1.54) is 20.8 Å². The minimum Gasteiger partial charge on any atom is -0.457 e. The molecule has 0 spiro atoms. The van der Waals surface area contributed by atoms with Crippen LogP contribution in [0.2, 0.25) is 0 Å². The molecule has 9 heteroatoms. The van der Waals surface area contributed by atoms with Gasteiger partial charge in [-0.1, -0.05) is 30.3 Å². The Morgan fingerprint density at radius 3 is 1.97 bits per heavy atom. The topological polar surface area (TPSA) is 114 Å². The van der Waals surface area contributed by atoms with Gasteiger partial charge < -0.3 is 23.7 Å². The van der Waals surface area contributed by atoms with E-state index in [0.717, 1.165) is 5.56 Å². The van der Waals surface area contributed by atoms with E-state index in [2.05, 4.69) is 0 Å². The third-order valence-electron chi connectivity index (χ3n) is 3.68. The summed E-state index contributed by atoms with van der Waals surface area (Å²) < 4.78 is 25.2. The zero-order valence-electron chi connectivity index (χ0n) is 18.7. The predicted molar refractivity (Wildman–Crippen MR) is 109 cm³/mol. The van der Waals surface area contributed by atoms with E-state index in [1.807, 2.05) is 30.3 Å². The van der Waals surface area contributed by atoms with Crippen LogP contribution in [-0.4, -0.2) is 54.4 Å². The zero-order chi connectivity index (χ0) is 23.6. The summed E-state index contributed by atoms with van der Waals surface area (Å²) in [6.07, 6.45) is -3.37. The lowest BCUT2D eigenvalue weighted by Crippen LogP contribution is -2.36. The standard InChI is InChI=1S/C22H30O9/c1-14(27-12-17-10-8-7-9-11-17)19(24)28-13-18(23)29-15(2)20(25)30-16(3)21(26)31-22(4,5)6/h7-11,14-16H,12-13H2,1-6H3. The molecular weight excluding hydrogens is 408 g/mol. The fourth-order valence-corrected chi connectivity index (χ4v) is 2.09. The quantitative estimate of drug-likeness (QED) is 0.401. The Morgan fingerprint density at radius 2 is 1.39 bits per heavy atom. The van der Waals surface area contributed by atoms with Crippen molar-refractivity contribution in [3.05, 3.63) is 35.9 Å². The van der Waals surface area contributed by atoms with E-state index in [0.29, 0.717) is 0 Å². The van der Waals surface area contributed by atoms with Crippen molar-refractivity contribution in [2.75, 3.05) is 6.61 Å². The molecule has 0 amide bonds. The van der Waals surface area contributed by atoms with Crippen LogP contribution >= 0.6 is 0 Å². The van der Waals surface area contributed by atoms with Crippen LogP contribution in [0, 0.1) is 0 Å². The number of hydrogen-bond acceptors (Lipinski definition) is 9. The highest BCUT2D eigenvalue weighted by Crippen LogP contribution is 2.11. The van der Waals surface area contributed by atoms with Crippen LogP contribution in [0.1, 0.15) is 47.1 Å². The molecule has 0 saturated heterocycles. The summed E-state index contributed by atoms with van der Waals surface area (Å²) in [6.45, 7) is 8.66. The molecule has 1 aromatic carbocycles. The summed E-state index contributed by atoms with van der Waals surface area (Å²) in [5.74, 6) is -3.35. The lowest BCUT2D eigenvalue weighted by atomic mass is 10.2. The van der Waals surface area contributed by atoms with Gasteiger partial charge in [0.15, 0.2) is 24.9 Å². The van der Waals surface area contributed by atoms with E-state index < -0.39 is 54.4 Å². The Morgan fingerprint density at radius 1 is 0.806 bits per heavy atom. The maximum atomic E-state index is 12.0. The van der Waals surface area contributed by atoms with Gasteiger partial charge in [-0.2, -0.15) is 0 Å². The molecule has 0 aromatic heterocycles. The number of hydrogen-bond donors (Lipinski definition) is 0. The molecule has 0 fully saturated rings. The zero-order valence-corrected chi connectivity index (χ0v) is 18.7. The third kappa shape index (κ3) is 10.6. The predicted octanol–water partition coefficient (Wildman–Crippen LogP) is 2.34. The first kappa shape index (κ1) is 26.1. The minimum atomic E-state index is -1.30. The Hall–Kier alpha value is -2.94. The monoisotopic (exact) mass is 438 g/mol. The van der Waals surface area contributed by atoms with Crippen molar-refractivity contribution in [3.8, 4) is 0 Å². The Labute approximate surface area is 181 Å². The second-order valence-corrected chi connectivity index (χ2v) is 7.79. The normalized spacial score (nSPS) is 14.0. The summed E-state index contributed by atoms with van der Waals surface area (Å²) in [4.78, 5) is 47.6. The number of esters is 4. The lowest BCUT2D eigenvalue weighted by Gasteiger charge is -2.23. The van der Waals surface area contributed by atoms with Crippen molar-refractivity contribution in [1.29, 1.82) is 0 Å². The van der Waals surface area contributed by atoms with Crippen molar-refractivity contribution in [1.82, 2.24) is 0 Å². The van der Waals surface area contributed by atoms with E-state index >= 15 is 0 Å². The molecule has 1 aromatic rings. The molecule has 0 N–H and O–H groups in total. The molecule has 0 aliphatic rings. The van der Waals surface area contributed by atoms with E-state index in [4.69, 9.17) is 23.7 Å². The fraction of sp³-hybridized carbons (Fsp3) is 0.545. The third-order valence-corrected chi connectivity index (χ3v) is 3.68. The minimum absolute atomic E-state index is 0.209. The molecule has 172 valence electrons. The van der Waals surface area contributed by atoms with Gasteiger partial charge in [0.25, 0.3) is 0 Å². The lowest BCUT2D eigenvalue weighted by molar-refractivity contribution is -0.183. The van der Waals surface area contributed by atoms with Gasteiger partial charge >= 0.3 is 23.9 Å². The largest absolute Gasteiger partial charge is 0.457 e. The molecule has 0 bridgehead atoms. The SMILES string of the molecule is CC(OCc1ccccc1)C(=O)OCC(=O)OC(C)C(=O)OC(C)C(=O)OC(C)(C)C. The highest BCUT2D eigenvalue weighted by molar-refractivity contribution is 5.84. The molecule has 3 unspecified atom stereocenters. The number of carbonyl (C=O) groups excluding carboxylic acids is 4. The van der Waals surface area contributed by atoms with Crippen molar-refractivity contribution in [3.63, 3.8) is 0 Å². The summed E-state index contributed by atoms with van der Waals surface area (Å²) in [5.41, 5.74) is 0.149. The van der Waals surface area contributed by atoms with Gasteiger partial charge in [-0.15, -0.1) is 0 Å². The molecule has 0 aliphatic carbocycles. The number of carbonyl (C=O) groups is 4. The van der Waals surface area contributed by atoms with Gasteiger partial charge in [0.2, 0.25) is 0 Å². The molecule has 3 atom stereocenters. The van der Waals surface area contributed by atoms with E-state index in [1.54, 1.807) is 20.8 Å². The van der Waals surface area contributed by atoms with Crippen LogP contribution in [0.3, 0.4) is 0 Å². The average Bonchev–Trinajstić information content (AvgIpc) is 2.69. The summed E-state index contributed by atoms with van der Waals surface area (Å²) in [7, 11) is 0. The van der Waals surface area contributed by atoms with Crippen LogP contribution in [0.15, 0.2) is 30.3 Å². The van der Waals surface area contributed by atoms with E-state index in [9.17, 15) is 19.2 Å². The fourth-order valence-electron chi connectivity index (χ4n) is 2.09. The smallest absolute Gasteiger partial charge is 0.347 e. The molecule has 31 heavy (non-hydrogen) atoms. The molecule has 0 heterocycles. The first-order valence-electron chi connectivity index (χ1n) is 9.84. The highest BCUT2D eigenvalue weighted by atomic mass is 16.6. The Balaban J connectivity index is 2.36. The first-order valence-corrected chi connectivity index (χ1v) is 9.84.